The number of aromatic nitrogens is 2. The third kappa shape index (κ3) is 3.87. The Morgan fingerprint density at radius 1 is 1.12 bits per heavy atom. The lowest BCUT2D eigenvalue weighted by Crippen LogP contribution is -2.25. The topological polar surface area (TPSA) is 68.0 Å². The molecule has 0 radical (unpaired) electrons. The fraction of sp³-hybridized carbons (Fsp3) is 0.211. The van der Waals surface area contributed by atoms with Gasteiger partial charge in [0.05, 0.1) is 13.0 Å². The monoisotopic (exact) mass is 321 g/mol. The molecule has 5 heteroatoms. The van der Waals surface area contributed by atoms with E-state index in [4.69, 9.17) is 4.52 Å². The van der Waals surface area contributed by atoms with Gasteiger partial charge in [0.1, 0.15) is 0 Å². The Balaban J connectivity index is 1.59. The highest BCUT2D eigenvalue weighted by Crippen LogP contribution is 2.15. The molecule has 1 amide bonds. The summed E-state index contributed by atoms with van der Waals surface area (Å²) in [5, 5.41) is 6.76. The third-order valence-electron chi connectivity index (χ3n) is 3.79. The number of carbonyl (C=O) groups excluding carboxylic acids is 1. The summed E-state index contributed by atoms with van der Waals surface area (Å²) in [6.07, 6.45) is 0.340. The SMILES string of the molecule is Cc1ccc(C)c(CC(=O)NCc2nc(-c3ccccc3)no2)c1. The molecule has 0 atom stereocenters. The van der Waals surface area contributed by atoms with Crippen LogP contribution in [0.25, 0.3) is 11.4 Å². The normalized spacial score (nSPS) is 10.6. The molecule has 0 spiro atoms. The van der Waals surface area contributed by atoms with Gasteiger partial charge < -0.3 is 9.84 Å². The standard InChI is InChI=1S/C19H19N3O2/c1-13-8-9-14(2)16(10-13)11-17(23)20-12-18-21-19(22-24-18)15-6-4-3-5-7-15/h3-10H,11-12H2,1-2H3,(H,20,23). The summed E-state index contributed by atoms with van der Waals surface area (Å²) >= 11 is 0. The summed E-state index contributed by atoms with van der Waals surface area (Å²) in [7, 11) is 0. The maximum Gasteiger partial charge on any atom is 0.246 e. The maximum absolute atomic E-state index is 12.1. The van der Waals surface area contributed by atoms with Crippen LogP contribution in [0, 0.1) is 13.8 Å². The Morgan fingerprint density at radius 3 is 2.71 bits per heavy atom. The van der Waals surface area contributed by atoms with Crippen LogP contribution in [0.15, 0.2) is 53.1 Å². The molecule has 24 heavy (non-hydrogen) atoms. The minimum Gasteiger partial charge on any atom is -0.347 e. The number of carbonyl (C=O) groups is 1. The molecule has 0 saturated heterocycles. The molecule has 1 aromatic heterocycles. The lowest BCUT2D eigenvalue weighted by Gasteiger charge is -2.07. The van der Waals surface area contributed by atoms with Gasteiger partial charge in [0, 0.05) is 5.56 Å². The molecule has 2 aromatic carbocycles. The van der Waals surface area contributed by atoms with Gasteiger partial charge in [-0.1, -0.05) is 59.3 Å². The lowest BCUT2D eigenvalue weighted by molar-refractivity contribution is -0.120. The summed E-state index contributed by atoms with van der Waals surface area (Å²) in [5.41, 5.74) is 4.17. The Bertz CT molecular complexity index is 841. The van der Waals surface area contributed by atoms with Crippen molar-refractivity contribution in [2.24, 2.45) is 0 Å². The van der Waals surface area contributed by atoms with Crippen LogP contribution in [-0.2, 0) is 17.8 Å². The predicted octanol–water partition coefficient (Wildman–Crippen LogP) is 3.21. The number of aryl methyl sites for hydroxylation is 2. The summed E-state index contributed by atoms with van der Waals surface area (Å²) in [6, 6.07) is 15.7. The van der Waals surface area contributed by atoms with Gasteiger partial charge in [0.25, 0.3) is 0 Å². The minimum atomic E-state index is -0.0665. The number of hydrogen-bond donors (Lipinski definition) is 1. The average Bonchev–Trinajstić information content (AvgIpc) is 3.06. The molecule has 3 aromatic rings. The molecule has 3 rings (SSSR count). The molecule has 0 bridgehead atoms. The Hall–Kier alpha value is -2.95. The van der Waals surface area contributed by atoms with Crippen molar-refractivity contribution in [1.82, 2.24) is 15.5 Å². The third-order valence-corrected chi connectivity index (χ3v) is 3.79. The first kappa shape index (κ1) is 15.9. The van der Waals surface area contributed by atoms with Crippen molar-refractivity contribution in [3.8, 4) is 11.4 Å². The van der Waals surface area contributed by atoms with Crippen LogP contribution >= 0.6 is 0 Å². The molecule has 0 aliphatic carbocycles. The van der Waals surface area contributed by atoms with E-state index in [0.29, 0.717) is 18.1 Å². The van der Waals surface area contributed by atoms with E-state index in [9.17, 15) is 4.79 Å². The second-order valence-corrected chi connectivity index (χ2v) is 5.76. The highest BCUT2D eigenvalue weighted by Gasteiger charge is 2.11. The highest BCUT2D eigenvalue weighted by atomic mass is 16.5. The Labute approximate surface area is 140 Å². The van der Waals surface area contributed by atoms with Gasteiger partial charge in [-0.25, -0.2) is 0 Å². The summed E-state index contributed by atoms with van der Waals surface area (Å²) < 4.78 is 5.19. The predicted molar refractivity (Wildman–Crippen MR) is 91.2 cm³/mol. The van der Waals surface area contributed by atoms with Crippen molar-refractivity contribution in [2.75, 3.05) is 0 Å². The number of rotatable bonds is 5. The summed E-state index contributed by atoms with van der Waals surface area (Å²) in [4.78, 5) is 16.4. The number of benzene rings is 2. The molecule has 0 unspecified atom stereocenters. The van der Waals surface area contributed by atoms with Crippen molar-refractivity contribution < 1.29 is 9.32 Å². The van der Waals surface area contributed by atoms with Crippen molar-refractivity contribution >= 4 is 5.91 Å². The van der Waals surface area contributed by atoms with E-state index in [2.05, 4.69) is 15.5 Å². The number of nitrogens with one attached hydrogen (secondary N) is 1. The molecule has 0 aliphatic rings. The summed E-state index contributed by atoms with van der Waals surface area (Å²) in [5.74, 6) is 0.848. The molecule has 122 valence electrons. The van der Waals surface area contributed by atoms with E-state index in [0.717, 1.165) is 22.3 Å². The van der Waals surface area contributed by atoms with Crippen LogP contribution in [0.3, 0.4) is 0 Å². The van der Waals surface area contributed by atoms with Gasteiger partial charge in [0.2, 0.25) is 17.6 Å². The van der Waals surface area contributed by atoms with Crippen LogP contribution in [0.5, 0.6) is 0 Å². The quantitative estimate of drug-likeness (QED) is 0.783. The average molecular weight is 321 g/mol. The van der Waals surface area contributed by atoms with Gasteiger partial charge in [-0.2, -0.15) is 4.98 Å². The van der Waals surface area contributed by atoms with Gasteiger partial charge >= 0.3 is 0 Å². The van der Waals surface area contributed by atoms with E-state index in [1.807, 2.05) is 62.4 Å². The number of nitrogens with zero attached hydrogens (tertiary/aromatic N) is 2. The van der Waals surface area contributed by atoms with E-state index >= 15 is 0 Å². The van der Waals surface area contributed by atoms with E-state index in [1.165, 1.54) is 0 Å². The molecular formula is C19H19N3O2. The smallest absolute Gasteiger partial charge is 0.246 e. The Kier molecular flexibility index (Phi) is 4.70. The fourth-order valence-corrected chi connectivity index (χ4v) is 2.43. The van der Waals surface area contributed by atoms with Crippen LogP contribution < -0.4 is 5.32 Å². The molecule has 5 nitrogen and oxygen atoms in total. The summed E-state index contributed by atoms with van der Waals surface area (Å²) in [6.45, 7) is 4.25. The zero-order valence-corrected chi connectivity index (χ0v) is 13.7. The van der Waals surface area contributed by atoms with Crippen molar-refractivity contribution in [3.63, 3.8) is 0 Å². The van der Waals surface area contributed by atoms with Crippen LogP contribution in [0.2, 0.25) is 0 Å². The zero-order valence-electron chi connectivity index (χ0n) is 13.7. The van der Waals surface area contributed by atoms with Crippen molar-refractivity contribution in [1.29, 1.82) is 0 Å². The zero-order chi connectivity index (χ0) is 16.9. The van der Waals surface area contributed by atoms with Gasteiger partial charge in [-0.05, 0) is 25.0 Å². The van der Waals surface area contributed by atoms with Gasteiger partial charge in [0.15, 0.2) is 0 Å². The van der Waals surface area contributed by atoms with Crippen molar-refractivity contribution in [2.45, 2.75) is 26.8 Å². The molecular weight excluding hydrogens is 302 g/mol. The first-order chi connectivity index (χ1) is 11.6. The molecule has 0 saturated carbocycles. The first-order valence-corrected chi connectivity index (χ1v) is 7.82. The van der Waals surface area contributed by atoms with Crippen LogP contribution in [0.1, 0.15) is 22.6 Å². The second kappa shape index (κ2) is 7.08. The second-order valence-electron chi connectivity index (χ2n) is 5.76. The fourth-order valence-electron chi connectivity index (χ4n) is 2.43. The number of amides is 1. The van der Waals surface area contributed by atoms with E-state index in [1.54, 1.807) is 0 Å². The van der Waals surface area contributed by atoms with Crippen LogP contribution in [0.4, 0.5) is 0 Å². The molecule has 1 N–H and O–H groups in total. The van der Waals surface area contributed by atoms with Gasteiger partial charge in [-0.15, -0.1) is 0 Å². The van der Waals surface area contributed by atoms with E-state index < -0.39 is 0 Å². The number of hydrogen-bond acceptors (Lipinski definition) is 4. The minimum absolute atomic E-state index is 0.0665. The first-order valence-electron chi connectivity index (χ1n) is 7.82. The highest BCUT2D eigenvalue weighted by molar-refractivity contribution is 5.78. The molecule has 0 aliphatic heterocycles. The molecule has 0 fully saturated rings. The van der Waals surface area contributed by atoms with Crippen molar-refractivity contribution in [3.05, 3.63) is 71.1 Å². The van der Waals surface area contributed by atoms with Crippen LogP contribution in [-0.4, -0.2) is 16.0 Å². The Morgan fingerprint density at radius 2 is 1.92 bits per heavy atom. The van der Waals surface area contributed by atoms with Gasteiger partial charge in [-0.3, -0.25) is 4.79 Å². The lowest BCUT2D eigenvalue weighted by atomic mass is 10.0. The van der Waals surface area contributed by atoms with E-state index in [-0.39, 0.29) is 12.5 Å². The largest absolute Gasteiger partial charge is 0.347 e. The molecule has 1 heterocycles. The maximum atomic E-state index is 12.1.